The molecule has 1 aliphatic rings. The average molecular weight is 355 g/mol. The molecule has 1 unspecified atom stereocenters. The lowest BCUT2D eigenvalue weighted by molar-refractivity contribution is -0.121. The van der Waals surface area contributed by atoms with Gasteiger partial charge in [-0.15, -0.1) is 0 Å². The van der Waals surface area contributed by atoms with Gasteiger partial charge in [0.1, 0.15) is 5.82 Å². The molecule has 1 amide bonds. The van der Waals surface area contributed by atoms with Gasteiger partial charge in [-0.3, -0.25) is 9.59 Å². The molecule has 1 fully saturated rings. The number of amides is 1. The van der Waals surface area contributed by atoms with Crippen molar-refractivity contribution in [3.63, 3.8) is 0 Å². The molecule has 132 valence electrons. The Morgan fingerprint density at radius 1 is 1.17 bits per heavy atom. The van der Waals surface area contributed by atoms with Crippen LogP contribution in [0.5, 0.6) is 0 Å². The van der Waals surface area contributed by atoms with E-state index in [1.807, 2.05) is 0 Å². The third kappa shape index (κ3) is 6.03. The van der Waals surface area contributed by atoms with Gasteiger partial charge < -0.3 is 5.32 Å². The molecule has 1 heterocycles. The van der Waals surface area contributed by atoms with E-state index in [-0.39, 0.29) is 42.0 Å². The van der Waals surface area contributed by atoms with Gasteiger partial charge in [0.25, 0.3) is 0 Å². The second kappa shape index (κ2) is 8.37. The zero-order chi connectivity index (χ0) is 17.6. The molecule has 0 saturated carbocycles. The summed E-state index contributed by atoms with van der Waals surface area (Å²) in [6.07, 6.45) is 2.40. The summed E-state index contributed by atoms with van der Waals surface area (Å²) < 4.78 is 35.5. The Hall–Kier alpha value is -1.76. The van der Waals surface area contributed by atoms with Crippen LogP contribution in [0, 0.1) is 11.7 Å². The zero-order valence-electron chi connectivity index (χ0n) is 13.5. The van der Waals surface area contributed by atoms with Crippen LogP contribution < -0.4 is 5.32 Å². The van der Waals surface area contributed by atoms with Gasteiger partial charge in [-0.1, -0.05) is 0 Å². The number of nitrogens with one attached hydrogen (secondary N) is 1. The molecule has 0 aromatic heterocycles. The SMILES string of the molecule is O=C(CCC(=O)c1ccc(F)cc1)NCCCC1CCS(=O)(=O)C1. The van der Waals surface area contributed by atoms with Crippen LogP contribution >= 0.6 is 0 Å². The van der Waals surface area contributed by atoms with Gasteiger partial charge in [0.15, 0.2) is 15.6 Å². The van der Waals surface area contributed by atoms with Crippen molar-refractivity contribution in [1.29, 1.82) is 0 Å². The highest BCUT2D eigenvalue weighted by Crippen LogP contribution is 2.22. The highest BCUT2D eigenvalue weighted by atomic mass is 32.2. The number of carbonyl (C=O) groups excluding carboxylic acids is 2. The van der Waals surface area contributed by atoms with E-state index >= 15 is 0 Å². The van der Waals surface area contributed by atoms with Crippen molar-refractivity contribution in [1.82, 2.24) is 5.32 Å². The Balaban J connectivity index is 1.60. The summed E-state index contributed by atoms with van der Waals surface area (Å²) in [5, 5.41) is 2.74. The van der Waals surface area contributed by atoms with Gasteiger partial charge in [0.05, 0.1) is 11.5 Å². The highest BCUT2D eigenvalue weighted by molar-refractivity contribution is 7.91. The fourth-order valence-corrected chi connectivity index (χ4v) is 4.72. The first-order chi connectivity index (χ1) is 11.4. The lowest BCUT2D eigenvalue weighted by Gasteiger charge is -2.08. The molecular formula is C17H22FNO4S. The van der Waals surface area contributed by atoms with Crippen LogP contribution in [0.3, 0.4) is 0 Å². The van der Waals surface area contributed by atoms with Gasteiger partial charge in [0.2, 0.25) is 5.91 Å². The topological polar surface area (TPSA) is 80.3 Å². The first-order valence-corrected chi connectivity index (χ1v) is 9.94. The molecule has 5 nitrogen and oxygen atoms in total. The van der Waals surface area contributed by atoms with Crippen molar-refractivity contribution in [2.45, 2.75) is 32.1 Å². The minimum Gasteiger partial charge on any atom is -0.356 e. The Bertz CT molecular complexity index is 685. The van der Waals surface area contributed by atoms with Gasteiger partial charge in [0, 0.05) is 24.9 Å². The standard InChI is InChI=1S/C17H22FNO4S/c18-15-5-3-14(4-6-15)16(20)7-8-17(21)19-10-1-2-13-9-11-24(22,23)12-13/h3-6,13H,1-2,7-12H2,(H,19,21). The van der Waals surface area contributed by atoms with Crippen molar-refractivity contribution in [2.75, 3.05) is 18.1 Å². The molecule has 1 saturated heterocycles. The van der Waals surface area contributed by atoms with Crippen LogP contribution in [0.15, 0.2) is 24.3 Å². The van der Waals surface area contributed by atoms with Crippen LogP contribution in [0.1, 0.15) is 42.5 Å². The first-order valence-electron chi connectivity index (χ1n) is 8.11. The van der Waals surface area contributed by atoms with E-state index in [1.165, 1.54) is 24.3 Å². The summed E-state index contributed by atoms with van der Waals surface area (Å²) in [5.74, 6) is -0.0695. The molecule has 0 radical (unpaired) electrons. The average Bonchev–Trinajstić information content (AvgIpc) is 2.89. The molecule has 1 aromatic carbocycles. The number of sulfone groups is 1. The molecular weight excluding hydrogens is 333 g/mol. The van der Waals surface area contributed by atoms with Crippen molar-refractivity contribution >= 4 is 21.5 Å². The molecule has 0 aliphatic carbocycles. The van der Waals surface area contributed by atoms with Crippen molar-refractivity contribution in [3.8, 4) is 0 Å². The lowest BCUT2D eigenvalue weighted by atomic mass is 10.0. The summed E-state index contributed by atoms with van der Waals surface area (Å²) >= 11 is 0. The second-order valence-electron chi connectivity index (χ2n) is 6.19. The number of Topliss-reactive ketones (excluding diaryl/α,β-unsaturated/α-hetero) is 1. The third-order valence-electron chi connectivity index (χ3n) is 4.18. The van der Waals surface area contributed by atoms with Crippen molar-refractivity contribution < 1.29 is 22.4 Å². The van der Waals surface area contributed by atoms with Gasteiger partial charge >= 0.3 is 0 Å². The molecule has 1 aromatic rings. The van der Waals surface area contributed by atoms with Crippen LogP contribution in [0.25, 0.3) is 0 Å². The number of hydrogen-bond donors (Lipinski definition) is 1. The Labute approximate surface area is 141 Å². The second-order valence-corrected chi connectivity index (χ2v) is 8.42. The van der Waals surface area contributed by atoms with E-state index in [0.29, 0.717) is 18.5 Å². The largest absolute Gasteiger partial charge is 0.356 e. The maximum absolute atomic E-state index is 12.8. The molecule has 24 heavy (non-hydrogen) atoms. The normalized spacial score (nSPS) is 19.1. The first kappa shape index (κ1) is 18.6. The zero-order valence-corrected chi connectivity index (χ0v) is 14.3. The predicted octanol–water partition coefficient (Wildman–Crippen LogP) is 2.12. The number of ketones is 1. The van der Waals surface area contributed by atoms with Crippen LogP contribution in [-0.4, -0.2) is 38.2 Å². The van der Waals surface area contributed by atoms with E-state index in [4.69, 9.17) is 0 Å². The number of halogens is 1. The van der Waals surface area contributed by atoms with E-state index < -0.39 is 15.7 Å². The Morgan fingerprint density at radius 3 is 2.50 bits per heavy atom. The quantitative estimate of drug-likeness (QED) is 0.572. The fraction of sp³-hybridized carbons (Fsp3) is 0.529. The Morgan fingerprint density at radius 2 is 1.88 bits per heavy atom. The smallest absolute Gasteiger partial charge is 0.220 e. The van der Waals surface area contributed by atoms with E-state index in [9.17, 15) is 22.4 Å². The molecule has 1 aliphatic heterocycles. The summed E-state index contributed by atoms with van der Waals surface area (Å²) in [6, 6.07) is 5.25. The molecule has 1 N–H and O–H groups in total. The number of carbonyl (C=O) groups is 2. The molecule has 0 spiro atoms. The summed E-state index contributed by atoms with van der Waals surface area (Å²) in [7, 11) is -2.84. The van der Waals surface area contributed by atoms with Crippen molar-refractivity contribution in [2.24, 2.45) is 5.92 Å². The molecule has 7 heteroatoms. The molecule has 2 rings (SSSR count). The minimum atomic E-state index is -2.84. The third-order valence-corrected chi connectivity index (χ3v) is 6.02. The van der Waals surface area contributed by atoms with E-state index in [2.05, 4.69) is 5.32 Å². The number of hydrogen-bond acceptors (Lipinski definition) is 4. The number of rotatable bonds is 8. The van der Waals surface area contributed by atoms with Gasteiger partial charge in [-0.25, -0.2) is 12.8 Å². The van der Waals surface area contributed by atoms with E-state index in [1.54, 1.807) is 0 Å². The monoisotopic (exact) mass is 355 g/mol. The summed E-state index contributed by atoms with van der Waals surface area (Å²) in [5.41, 5.74) is 0.395. The lowest BCUT2D eigenvalue weighted by Crippen LogP contribution is -2.25. The van der Waals surface area contributed by atoms with Gasteiger partial charge in [-0.2, -0.15) is 0 Å². The molecule has 1 atom stereocenters. The predicted molar refractivity (Wildman–Crippen MR) is 89.0 cm³/mol. The van der Waals surface area contributed by atoms with Crippen molar-refractivity contribution in [3.05, 3.63) is 35.6 Å². The maximum Gasteiger partial charge on any atom is 0.220 e. The summed E-state index contributed by atoms with van der Waals surface area (Å²) in [6.45, 7) is 0.486. The maximum atomic E-state index is 12.8. The Kier molecular flexibility index (Phi) is 6.48. The van der Waals surface area contributed by atoms with Crippen LogP contribution in [0.2, 0.25) is 0 Å². The fourth-order valence-electron chi connectivity index (χ4n) is 2.81. The van der Waals surface area contributed by atoms with Gasteiger partial charge in [-0.05, 0) is 49.4 Å². The highest BCUT2D eigenvalue weighted by Gasteiger charge is 2.27. The van der Waals surface area contributed by atoms with Crippen LogP contribution in [-0.2, 0) is 14.6 Å². The van der Waals surface area contributed by atoms with Crippen LogP contribution in [0.4, 0.5) is 4.39 Å². The minimum absolute atomic E-state index is 0.0817. The molecule has 0 bridgehead atoms. The number of benzene rings is 1. The summed E-state index contributed by atoms with van der Waals surface area (Å²) in [4.78, 5) is 23.6. The van der Waals surface area contributed by atoms with E-state index in [0.717, 1.165) is 12.8 Å².